The molecule has 1 amide bonds. The zero-order valence-corrected chi connectivity index (χ0v) is 14.4. The molecule has 124 valence electrons. The topological polar surface area (TPSA) is 35.6 Å². The summed E-state index contributed by atoms with van der Waals surface area (Å²) < 4.78 is 0. The molecule has 1 rings (SSSR count). The van der Waals surface area contributed by atoms with E-state index in [0.29, 0.717) is 12.5 Å². The van der Waals surface area contributed by atoms with Crippen LogP contribution in [0.1, 0.15) is 52.4 Å². The van der Waals surface area contributed by atoms with Crippen LogP contribution in [0.3, 0.4) is 0 Å². The zero-order chi connectivity index (χ0) is 15.5. The fourth-order valence-electron chi connectivity index (χ4n) is 2.96. The van der Waals surface area contributed by atoms with Crippen molar-refractivity contribution < 1.29 is 4.79 Å². The van der Waals surface area contributed by atoms with E-state index in [1.54, 1.807) is 0 Å². The van der Waals surface area contributed by atoms with E-state index >= 15 is 0 Å². The van der Waals surface area contributed by atoms with E-state index in [1.165, 1.54) is 12.8 Å². The molecule has 0 aromatic heterocycles. The number of carbonyl (C=O) groups is 1. The minimum atomic E-state index is 0.313. The first kappa shape index (κ1) is 18.4. The second kappa shape index (κ2) is 11.0. The minimum Gasteiger partial charge on any atom is -0.342 e. The Morgan fingerprint density at radius 1 is 1.10 bits per heavy atom. The molecule has 0 aliphatic carbocycles. The number of nitrogens with zero attached hydrogens (tertiary/aromatic N) is 2. The van der Waals surface area contributed by atoms with E-state index in [1.807, 2.05) is 0 Å². The van der Waals surface area contributed by atoms with Crippen LogP contribution in [0.2, 0.25) is 0 Å². The lowest BCUT2D eigenvalue weighted by molar-refractivity contribution is -0.132. The minimum absolute atomic E-state index is 0.313. The van der Waals surface area contributed by atoms with Gasteiger partial charge in [0.05, 0.1) is 6.54 Å². The van der Waals surface area contributed by atoms with Gasteiger partial charge >= 0.3 is 0 Å². The Kier molecular flexibility index (Phi) is 9.68. The van der Waals surface area contributed by atoms with Gasteiger partial charge in [0.15, 0.2) is 0 Å². The Hall–Kier alpha value is -0.610. The lowest BCUT2D eigenvalue weighted by Gasteiger charge is -2.29. The molecule has 4 nitrogen and oxygen atoms in total. The van der Waals surface area contributed by atoms with Gasteiger partial charge in [0.25, 0.3) is 0 Å². The van der Waals surface area contributed by atoms with E-state index in [-0.39, 0.29) is 0 Å². The van der Waals surface area contributed by atoms with Crippen molar-refractivity contribution in [3.8, 4) is 0 Å². The molecule has 0 aromatic carbocycles. The first-order valence-corrected chi connectivity index (χ1v) is 8.84. The van der Waals surface area contributed by atoms with Crippen LogP contribution < -0.4 is 5.32 Å². The van der Waals surface area contributed by atoms with Crippen molar-refractivity contribution in [3.63, 3.8) is 0 Å². The third-order valence-corrected chi connectivity index (χ3v) is 4.35. The number of nitrogens with one attached hydrogen (secondary N) is 1. The molecule has 21 heavy (non-hydrogen) atoms. The quantitative estimate of drug-likeness (QED) is 0.672. The highest BCUT2D eigenvalue weighted by molar-refractivity contribution is 5.78. The van der Waals surface area contributed by atoms with Gasteiger partial charge < -0.3 is 10.2 Å². The molecule has 0 saturated carbocycles. The van der Waals surface area contributed by atoms with Crippen molar-refractivity contribution >= 4 is 5.91 Å². The second-order valence-electron chi connectivity index (χ2n) is 6.48. The molecule has 1 fully saturated rings. The van der Waals surface area contributed by atoms with Crippen molar-refractivity contribution in [2.75, 3.05) is 46.3 Å². The molecule has 0 unspecified atom stereocenters. The molecular formula is C17H35N3O. The molecule has 1 N–H and O–H groups in total. The van der Waals surface area contributed by atoms with Gasteiger partial charge in [-0.1, -0.05) is 26.7 Å². The third kappa shape index (κ3) is 7.82. The molecule has 1 saturated heterocycles. The lowest BCUT2D eigenvalue weighted by atomic mass is 9.98. The summed E-state index contributed by atoms with van der Waals surface area (Å²) in [5, 5.41) is 3.40. The molecule has 0 atom stereocenters. The summed E-state index contributed by atoms with van der Waals surface area (Å²) in [6.45, 7) is 10.1. The Morgan fingerprint density at radius 2 is 1.67 bits per heavy atom. The van der Waals surface area contributed by atoms with Gasteiger partial charge in [-0.2, -0.15) is 0 Å². The predicted octanol–water partition coefficient (Wildman–Crippen LogP) is 2.35. The number of rotatable bonds is 10. The van der Waals surface area contributed by atoms with E-state index < -0.39 is 0 Å². The fraction of sp³-hybridized carbons (Fsp3) is 0.941. The normalized spacial score (nSPS) is 16.4. The molecule has 4 heteroatoms. The van der Waals surface area contributed by atoms with E-state index in [2.05, 4.69) is 36.0 Å². The molecule has 1 heterocycles. The highest BCUT2D eigenvalue weighted by Crippen LogP contribution is 2.12. The van der Waals surface area contributed by atoms with Crippen molar-refractivity contribution in [1.82, 2.24) is 15.1 Å². The molecule has 0 spiro atoms. The number of hydrogen-bond acceptors (Lipinski definition) is 3. The maximum absolute atomic E-state index is 12.5. The molecule has 1 aliphatic rings. The largest absolute Gasteiger partial charge is 0.342 e. The van der Waals surface area contributed by atoms with Crippen LogP contribution in [0.15, 0.2) is 0 Å². The maximum Gasteiger partial charge on any atom is 0.236 e. The summed E-state index contributed by atoms with van der Waals surface area (Å²) in [7, 11) is 2.09. The Bertz CT molecular complexity index is 269. The summed E-state index contributed by atoms with van der Waals surface area (Å²) in [6, 6.07) is 0. The van der Waals surface area contributed by atoms with Crippen molar-refractivity contribution in [1.29, 1.82) is 0 Å². The van der Waals surface area contributed by atoms with Gasteiger partial charge in [-0.3, -0.25) is 9.69 Å². The first-order chi connectivity index (χ1) is 10.2. The number of carbonyl (C=O) groups excluding carboxylic acids is 1. The van der Waals surface area contributed by atoms with Crippen LogP contribution in [-0.4, -0.2) is 62.0 Å². The molecule has 0 bridgehead atoms. The molecular weight excluding hydrogens is 262 g/mol. The van der Waals surface area contributed by atoms with E-state index in [4.69, 9.17) is 0 Å². The number of unbranched alkanes of at least 4 members (excludes halogenated alkanes) is 2. The fourth-order valence-corrected chi connectivity index (χ4v) is 2.96. The van der Waals surface area contributed by atoms with Crippen LogP contribution in [0.5, 0.6) is 0 Å². The number of hydrogen-bond donors (Lipinski definition) is 1. The van der Waals surface area contributed by atoms with Crippen LogP contribution in [0, 0.1) is 5.92 Å². The predicted molar refractivity (Wildman–Crippen MR) is 89.5 cm³/mol. The number of amides is 1. The van der Waals surface area contributed by atoms with Crippen molar-refractivity contribution in [2.45, 2.75) is 52.4 Å². The highest BCUT2D eigenvalue weighted by atomic mass is 16.2. The summed E-state index contributed by atoms with van der Waals surface area (Å²) in [4.78, 5) is 16.8. The monoisotopic (exact) mass is 297 g/mol. The zero-order valence-electron chi connectivity index (χ0n) is 14.4. The van der Waals surface area contributed by atoms with Crippen LogP contribution in [-0.2, 0) is 4.79 Å². The van der Waals surface area contributed by atoms with Crippen LogP contribution >= 0.6 is 0 Å². The second-order valence-corrected chi connectivity index (χ2v) is 6.48. The summed E-state index contributed by atoms with van der Waals surface area (Å²) >= 11 is 0. The molecule has 0 aromatic rings. The molecule has 0 radical (unpaired) electrons. The van der Waals surface area contributed by atoms with E-state index in [9.17, 15) is 4.79 Å². The molecule has 1 aliphatic heterocycles. The van der Waals surface area contributed by atoms with Crippen molar-refractivity contribution in [2.24, 2.45) is 5.92 Å². The smallest absolute Gasteiger partial charge is 0.236 e. The average Bonchev–Trinajstić information content (AvgIpc) is 2.48. The van der Waals surface area contributed by atoms with Gasteiger partial charge in [-0.05, 0) is 51.7 Å². The number of likely N-dealkylation sites (N-methyl/N-ethyl adjacent to an activating group) is 1. The Morgan fingerprint density at radius 3 is 2.19 bits per heavy atom. The standard InChI is InChI=1S/C17H35N3O/c1-4-6-12-20(13-7-5-2)17(21)15-19(3)14-16-8-10-18-11-9-16/h16,18H,4-15H2,1-3H3. The third-order valence-electron chi connectivity index (χ3n) is 4.35. The van der Waals surface area contributed by atoms with Gasteiger partial charge in [0, 0.05) is 19.6 Å². The van der Waals surface area contributed by atoms with Gasteiger partial charge in [-0.15, -0.1) is 0 Å². The van der Waals surface area contributed by atoms with Crippen LogP contribution in [0.25, 0.3) is 0 Å². The van der Waals surface area contributed by atoms with E-state index in [0.717, 1.165) is 64.3 Å². The Balaban J connectivity index is 2.34. The summed E-state index contributed by atoms with van der Waals surface area (Å²) in [6.07, 6.45) is 7.03. The van der Waals surface area contributed by atoms with Gasteiger partial charge in [-0.25, -0.2) is 0 Å². The number of piperidine rings is 1. The Labute approximate surface area is 131 Å². The van der Waals surface area contributed by atoms with Crippen molar-refractivity contribution in [3.05, 3.63) is 0 Å². The van der Waals surface area contributed by atoms with Gasteiger partial charge in [0.1, 0.15) is 0 Å². The summed E-state index contributed by atoms with van der Waals surface area (Å²) in [5.74, 6) is 1.07. The van der Waals surface area contributed by atoms with Crippen LogP contribution in [0.4, 0.5) is 0 Å². The summed E-state index contributed by atoms with van der Waals surface area (Å²) in [5.41, 5.74) is 0. The van der Waals surface area contributed by atoms with Gasteiger partial charge in [0.2, 0.25) is 5.91 Å². The first-order valence-electron chi connectivity index (χ1n) is 8.84. The lowest BCUT2D eigenvalue weighted by Crippen LogP contribution is -2.42. The highest BCUT2D eigenvalue weighted by Gasteiger charge is 2.19. The maximum atomic E-state index is 12.5. The average molecular weight is 297 g/mol. The SMILES string of the molecule is CCCCN(CCCC)C(=O)CN(C)CC1CCNCC1.